The van der Waals surface area contributed by atoms with Gasteiger partial charge in [0.25, 0.3) is 0 Å². The van der Waals surface area contributed by atoms with Gasteiger partial charge < -0.3 is 10.6 Å². The summed E-state index contributed by atoms with van der Waals surface area (Å²) in [6.07, 6.45) is 3.51. The van der Waals surface area contributed by atoms with E-state index in [4.69, 9.17) is 0 Å². The summed E-state index contributed by atoms with van der Waals surface area (Å²) in [6.45, 7) is 3.72. The summed E-state index contributed by atoms with van der Waals surface area (Å²) in [7, 11) is 0. The Morgan fingerprint density at radius 3 is 2.90 bits per heavy atom. The lowest BCUT2D eigenvalue weighted by molar-refractivity contribution is 1.34. The third-order valence-corrected chi connectivity index (χ3v) is 1.39. The fourth-order valence-corrected chi connectivity index (χ4v) is 0.959. The Hall–Kier alpha value is -1.51. The molecule has 0 bridgehead atoms. The van der Waals surface area contributed by atoms with Crippen LogP contribution in [0.25, 0.3) is 0 Å². The zero-order valence-electron chi connectivity index (χ0n) is 5.39. The van der Waals surface area contributed by atoms with E-state index in [9.17, 15) is 0 Å². The van der Waals surface area contributed by atoms with Gasteiger partial charge in [0, 0.05) is 6.20 Å². The van der Waals surface area contributed by atoms with Gasteiger partial charge in [0.1, 0.15) is 5.82 Å². The van der Waals surface area contributed by atoms with Crippen LogP contribution in [0.4, 0.5) is 11.4 Å². The molecule has 0 fully saturated rings. The molecule has 50 valence electrons. The van der Waals surface area contributed by atoms with Gasteiger partial charge in [0.15, 0.2) is 0 Å². The molecule has 3 heteroatoms. The monoisotopic (exact) mass is 133 g/mol. The Kier molecular flexibility index (Phi) is 0.917. The minimum atomic E-state index is 0.808. The van der Waals surface area contributed by atoms with Crippen LogP contribution in [-0.2, 0) is 0 Å². The van der Waals surface area contributed by atoms with Crippen molar-refractivity contribution in [2.24, 2.45) is 0 Å². The molecule has 0 amide bonds. The number of nitrogens with zero attached hydrogens (tertiary/aromatic N) is 1. The molecule has 0 spiro atoms. The molecule has 0 radical (unpaired) electrons. The van der Waals surface area contributed by atoms with Crippen LogP contribution in [0.3, 0.4) is 0 Å². The molecule has 1 aliphatic heterocycles. The minimum absolute atomic E-state index is 0.808. The largest absolute Gasteiger partial charge is 0.341 e. The van der Waals surface area contributed by atoms with Crippen LogP contribution in [0.15, 0.2) is 30.9 Å². The van der Waals surface area contributed by atoms with Crippen LogP contribution in [0.5, 0.6) is 0 Å². The first-order chi connectivity index (χ1) is 4.86. The second-order valence-electron chi connectivity index (χ2n) is 2.15. The average Bonchev–Trinajstić information content (AvgIpc) is 2.27. The first-order valence-corrected chi connectivity index (χ1v) is 3.03. The molecule has 0 unspecified atom stereocenters. The fraction of sp³-hybridized carbons (Fsp3) is 0. The molecular formula is C7H7N3. The number of fused-ring (bicyclic) bond motifs is 1. The number of hydrogen-bond acceptors (Lipinski definition) is 3. The van der Waals surface area contributed by atoms with Crippen LogP contribution in [0.2, 0.25) is 0 Å². The van der Waals surface area contributed by atoms with E-state index in [0.29, 0.717) is 0 Å². The van der Waals surface area contributed by atoms with Gasteiger partial charge in [-0.25, -0.2) is 0 Å². The molecule has 10 heavy (non-hydrogen) atoms. The number of anilines is 2. The summed E-state index contributed by atoms with van der Waals surface area (Å²) >= 11 is 0. The molecule has 2 rings (SSSR count). The standard InChI is InChI=1S/C7H7N3/c1-5-9-6-2-3-8-4-7(6)10-5/h2-4,9-10H,1H2. The van der Waals surface area contributed by atoms with Gasteiger partial charge in [-0.15, -0.1) is 0 Å². The highest BCUT2D eigenvalue weighted by molar-refractivity contribution is 5.77. The maximum absolute atomic E-state index is 3.95. The molecule has 0 saturated carbocycles. The summed E-state index contributed by atoms with van der Waals surface area (Å²) < 4.78 is 0. The molecule has 2 N–H and O–H groups in total. The predicted molar refractivity (Wildman–Crippen MR) is 40.6 cm³/mol. The first-order valence-electron chi connectivity index (χ1n) is 3.03. The molecule has 1 aromatic rings. The van der Waals surface area contributed by atoms with Crippen LogP contribution >= 0.6 is 0 Å². The van der Waals surface area contributed by atoms with Crippen LogP contribution < -0.4 is 10.6 Å². The Labute approximate surface area is 58.8 Å². The Balaban J connectivity index is 2.51. The molecule has 0 aromatic carbocycles. The summed E-state index contributed by atoms with van der Waals surface area (Å²) in [5, 5.41) is 6.08. The van der Waals surface area contributed by atoms with Crippen molar-refractivity contribution in [3.8, 4) is 0 Å². The van der Waals surface area contributed by atoms with Gasteiger partial charge in [0.2, 0.25) is 0 Å². The van der Waals surface area contributed by atoms with Gasteiger partial charge in [-0.05, 0) is 6.07 Å². The highest BCUT2D eigenvalue weighted by atomic mass is 15.2. The van der Waals surface area contributed by atoms with Crippen molar-refractivity contribution in [3.05, 3.63) is 30.9 Å². The fourth-order valence-electron chi connectivity index (χ4n) is 0.959. The summed E-state index contributed by atoms with van der Waals surface area (Å²) in [5.41, 5.74) is 2.03. The Morgan fingerprint density at radius 2 is 2.10 bits per heavy atom. The van der Waals surface area contributed by atoms with Crippen molar-refractivity contribution in [2.75, 3.05) is 10.6 Å². The van der Waals surface area contributed by atoms with Gasteiger partial charge in [0.05, 0.1) is 17.6 Å². The third-order valence-electron chi connectivity index (χ3n) is 1.39. The maximum Gasteiger partial charge on any atom is 0.100 e. The van der Waals surface area contributed by atoms with Crippen molar-refractivity contribution >= 4 is 11.4 Å². The van der Waals surface area contributed by atoms with E-state index < -0.39 is 0 Å². The highest BCUT2D eigenvalue weighted by Gasteiger charge is 2.09. The lowest BCUT2D eigenvalue weighted by atomic mass is 10.4. The van der Waals surface area contributed by atoms with E-state index in [2.05, 4.69) is 22.2 Å². The van der Waals surface area contributed by atoms with E-state index in [1.165, 1.54) is 0 Å². The van der Waals surface area contributed by atoms with Gasteiger partial charge in [-0.2, -0.15) is 0 Å². The summed E-state index contributed by atoms with van der Waals surface area (Å²) in [6, 6.07) is 1.90. The Bertz CT molecular complexity index is 253. The van der Waals surface area contributed by atoms with Gasteiger partial charge in [-0.1, -0.05) is 6.58 Å². The number of aromatic nitrogens is 1. The minimum Gasteiger partial charge on any atom is -0.341 e. The molecule has 3 nitrogen and oxygen atoms in total. The van der Waals surface area contributed by atoms with Crippen LogP contribution in [-0.4, -0.2) is 4.98 Å². The third kappa shape index (κ3) is 0.639. The maximum atomic E-state index is 3.95. The number of nitrogens with one attached hydrogen (secondary N) is 2. The SMILES string of the molecule is C=C1Nc2ccncc2N1. The lowest BCUT2D eigenvalue weighted by Crippen LogP contribution is -1.94. The second-order valence-corrected chi connectivity index (χ2v) is 2.15. The number of hydrogen-bond donors (Lipinski definition) is 2. The Morgan fingerprint density at radius 1 is 1.30 bits per heavy atom. The quantitative estimate of drug-likeness (QED) is 0.561. The lowest BCUT2D eigenvalue weighted by Gasteiger charge is -1.91. The van der Waals surface area contributed by atoms with E-state index in [-0.39, 0.29) is 0 Å². The average molecular weight is 133 g/mol. The van der Waals surface area contributed by atoms with Gasteiger partial charge in [-0.3, -0.25) is 4.98 Å². The molecular weight excluding hydrogens is 126 g/mol. The predicted octanol–water partition coefficient (Wildman–Crippen LogP) is 1.39. The smallest absolute Gasteiger partial charge is 0.100 e. The van der Waals surface area contributed by atoms with E-state index in [0.717, 1.165) is 17.2 Å². The van der Waals surface area contributed by atoms with Crippen molar-refractivity contribution in [1.29, 1.82) is 0 Å². The molecule has 0 aliphatic carbocycles. The zero-order chi connectivity index (χ0) is 6.97. The molecule has 2 heterocycles. The van der Waals surface area contributed by atoms with Crippen molar-refractivity contribution < 1.29 is 0 Å². The molecule has 0 saturated heterocycles. The van der Waals surface area contributed by atoms with Crippen molar-refractivity contribution in [2.45, 2.75) is 0 Å². The van der Waals surface area contributed by atoms with E-state index >= 15 is 0 Å². The molecule has 1 aromatic heterocycles. The topological polar surface area (TPSA) is 37.0 Å². The molecule has 1 aliphatic rings. The number of pyridine rings is 1. The zero-order valence-corrected chi connectivity index (χ0v) is 5.39. The van der Waals surface area contributed by atoms with Crippen LogP contribution in [0.1, 0.15) is 0 Å². The summed E-state index contributed by atoms with van der Waals surface area (Å²) in [5.74, 6) is 0.808. The highest BCUT2D eigenvalue weighted by Crippen LogP contribution is 2.27. The van der Waals surface area contributed by atoms with E-state index in [1.807, 2.05) is 6.07 Å². The van der Waals surface area contributed by atoms with Crippen LogP contribution in [0, 0.1) is 0 Å². The van der Waals surface area contributed by atoms with Crippen molar-refractivity contribution in [1.82, 2.24) is 4.98 Å². The van der Waals surface area contributed by atoms with Crippen molar-refractivity contribution in [3.63, 3.8) is 0 Å². The molecule has 0 atom stereocenters. The summed E-state index contributed by atoms with van der Waals surface area (Å²) in [4.78, 5) is 3.95. The first kappa shape index (κ1) is 5.29. The second kappa shape index (κ2) is 1.73. The number of rotatable bonds is 0. The van der Waals surface area contributed by atoms with Gasteiger partial charge >= 0.3 is 0 Å². The van der Waals surface area contributed by atoms with E-state index in [1.54, 1.807) is 12.4 Å². The normalized spacial score (nSPS) is 13.8.